The van der Waals surface area contributed by atoms with E-state index in [9.17, 15) is 4.39 Å². The van der Waals surface area contributed by atoms with Crippen LogP contribution in [0.4, 0.5) is 4.39 Å². The minimum absolute atomic E-state index is 0.302. The van der Waals surface area contributed by atoms with Gasteiger partial charge in [0.1, 0.15) is 0 Å². The SMILES string of the molecule is CCC[C@H]1CC[C@H]([C@H]2CC[C@H](c3cc(OC)c(F)c(OC)c3)CC2)CC1. The van der Waals surface area contributed by atoms with Crippen LogP contribution in [-0.4, -0.2) is 14.2 Å². The lowest BCUT2D eigenvalue weighted by Crippen LogP contribution is -2.25. The fourth-order valence-corrected chi connectivity index (χ4v) is 5.41. The Bertz CT molecular complexity index is 545. The highest BCUT2D eigenvalue weighted by Gasteiger charge is 2.31. The molecular weight excluding hydrogens is 327 g/mol. The van der Waals surface area contributed by atoms with Crippen molar-refractivity contribution >= 4 is 0 Å². The summed E-state index contributed by atoms with van der Waals surface area (Å²) in [4.78, 5) is 0. The third-order valence-electron chi connectivity index (χ3n) is 6.97. The zero-order valence-corrected chi connectivity index (χ0v) is 16.7. The van der Waals surface area contributed by atoms with Gasteiger partial charge in [0.2, 0.25) is 5.82 Å². The molecule has 146 valence electrons. The third kappa shape index (κ3) is 4.35. The first-order valence-electron chi connectivity index (χ1n) is 10.6. The van der Waals surface area contributed by atoms with Crippen LogP contribution in [0, 0.1) is 23.6 Å². The summed E-state index contributed by atoms with van der Waals surface area (Å²) in [5.41, 5.74) is 1.17. The second-order valence-corrected chi connectivity index (χ2v) is 8.42. The van der Waals surface area contributed by atoms with E-state index >= 15 is 0 Å². The fraction of sp³-hybridized carbons (Fsp3) is 0.739. The molecule has 2 fully saturated rings. The maximum atomic E-state index is 14.2. The van der Waals surface area contributed by atoms with Gasteiger partial charge in [0.25, 0.3) is 0 Å². The number of rotatable bonds is 6. The molecule has 1 aromatic rings. The molecule has 0 atom stereocenters. The fourth-order valence-electron chi connectivity index (χ4n) is 5.41. The molecule has 0 saturated heterocycles. The van der Waals surface area contributed by atoms with E-state index in [-0.39, 0.29) is 0 Å². The Hall–Kier alpha value is -1.25. The van der Waals surface area contributed by atoms with Gasteiger partial charge in [0.15, 0.2) is 11.5 Å². The molecule has 0 heterocycles. The quantitative estimate of drug-likeness (QED) is 0.559. The Morgan fingerprint density at radius 3 is 1.81 bits per heavy atom. The zero-order valence-electron chi connectivity index (χ0n) is 16.7. The van der Waals surface area contributed by atoms with Crippen molar-refractivity contribution in [3.8, 4) is 11.5 Å². The molecule has 0 aliphatic heterocycles. The average Bonchev–Trinajstić information content (AvgIpc) is 2.69. The molecule has 0 unspecified atom stereocenters. The summed E-state index contributed by atoms with van der Waals surface area (Å²) in [6.07, 6.45) is 13.6. The number of ether oxygens (including phenoxy) is 2. The van der Waals surface area contributed by atoms with Crippen molar-refractivity contribution in [1.29, 1.82) is 0 Å². The molecule has 2 saturated carbocycles. The Labute approximate surface area is 158 Å². The van der Waals surface area contributed by atoms with Gasteiger partial charge in [-0.2, -0.15) is 4.39 Å². The molecule has 1 aromatic carbocycles. The van der Waals surface area contributed by atoms with Crippen LogP contribution in [0.25, 0.3) is 0 Å². The summed E-state index contributed by atoms with van der Waals surface area (Å²) < 4.78 is 24.6. The Balaban J connectivity index is 1.57. The highest BCUT2D eigenvalue weighted by molar-refractivity contribution is 5.42. The van der Waals surface area contributed by atoms with Gasteiger partial charge < -0.3 is 9.47 Å². The summed E-state index contributed by atoms with van der Waals surface area (Å²) in [7, 11) is 3.04. The van der Waals surface area contributed by atoms with Crippen LogP contribution in [0.1, 0.15) is 82.6 Å². The number of hydrogen-bond donors (Lipinski definition) is 0. The van der Waals surface area contributed by atoms with E-state index in [0.717, 1.165) is 17.8 Å². The molecule has 2 nitrogen and oxygen atoms in total. The maximum absolute atomic E-state index is 14.2. The molecular formula is C23H35FO2. The monoisotopic (exact) mass is 362 g/mol. The number of benzene rings is 1. The normalized spacial score (nSPS) is 29.4. The van der Waals surface area contributed by atoms with Crippen molar-refractivity contribution in [1.82, 2.24) is 0 Å². The molecule has 0 aromatic heterocycles. The summed E-state index contributed by atoms with van der Waals surface area (Å²) in [6, 6.07) is 3.75. The van der Waals surface area contributed by atoms with Crippen molar-refractivity contribution in [2.75, 3.05) is 14.2 Å². The van der Waals surface area contributed by atoms with Gasteiger partial charge >= 0.3 is 0 Å². The van der Waals surface area contributed by atoms with Crippen LogP contribution in [0.2, 0.25) is 0 Å². The molecule has 3 rings (SSSR count). The second-order valence-electron chi connectivity index (χ2n) is 8.42. The molecule has 26 heavy (non-hydrogen) atoms. The van der Waals surface area contributed by atoms with Gasteiger partial charge in [-0.1, -0.05) is 32.6 Å². The van der Waals surface area contributed by atoms with Gasteiger partial charge in [-0.05, 0) is 79.9 Å². The predicted octanol–water partition coefficient (Wildman–Crippen LogP) is 6.72. The average molecular weight is 363 g/mol. The largest absolute Gasteiger partial charge is 0.494 e. The van der Waals surface area contributed by atoms with E-state index in [1.54, 1.807) is 0 Å². The smallest absolute Gasteiger partial charge is 0.206 e. The topological polar surface area (TPSA) is 18.5 Å². The lowest BCUT2D eigenvalue weighted by molar-refractivity contribution is 0.156. The van der Waals surface area contributed by atoms with Crippen molar-refractivity contribution in [2.45, 2.75) is 77.0 Å². The molecule has 0 N–H and O–H groups in total. The van der Waals surface area contributed by atoms with Crippen molar-refractivity contribution in [3.63, 3.8) is 0 Å². The second kappa shape index (κ2) is 9.10. The Kier molecular flexibility index (Phi) is 6.83. The van der Waals surface area contributed by atoms with Crippen LogP contribution in [0.15, 0.2) is 12.1 Å². The lowest BCUT2D eigenvalue weighted by atomic mass is 9.68. The van der Waals surface area contributed by atoms with Crippen LogP contribution >= 0.6 is 0 Å². The highest BCUT2D eigenvalue weighted by atomic mass is 19.1. The number of hydrogen-bond acceptors (Lipinski definition) is 2. The minimum Gasteiger partial charge on any atom is -0.494 e. The summed E-state index contributed by atoms with van der Waals surface area (Å²) >= 11 is 0. The summed E-state index contributed by atoms with van der Waals surface area (Å²) in [5.74, 6) is 3.56. The van der Waals surface area contributed by atoms with Gasteiger partial charge in [-0.15, -0.1) is 0 Å². The van der Waals surface area contributed by atoms with Crippen LogP contribution in [0.5, 0.6) is 11.5 Å². The number of halogens is 1. The van der Waals surface area contributed by atoms with E-state index in [1.807, 2.05) is 12.1 Å². The predicted molar refractivity (Wildman–Crippen MR) is 105 cm³/mol. The molecule has 0 amide bonds. The summed E-state index contributed by atoms with van der Waals surface area (Å²) in [5, 5.41) is 0. The minimum atomic E-state index is -0.392. The van der Waals surface area contributed by atoms with E-state index in [0.29, 0.717) is 17.4 Å². The van der Waals surface area contributed by atoms with Gasteiger partial charge in [0.05, 0.1) is 14.2 Å². The molecule has 0 radical (unpaired) electrons. The zero-order chi connectivity index (χ0) is 18.5. The van der Waals surface area contributed by atoms with E-state index in [1.165, 1.54) is 84.0 Å². The highest BCUT2D eigenvalue weighted by Crippen LogP contribution is 2.45. The lowest BCUT2D eigenvalue weighted by Gasteiger charge is -2.38. The van der Waals surface area contributed by atoms with Crippen molar-refractivity contribution < 1.29 is 13.9 Å². The van der Waals surface area contributed by atoms with E-state index in [2.05, 4.69) is 6.92 Å². The van der Waals surface area contributed by atoms with Crippen molar-refractivity contribution in [2.24, 2.45) is 17.8 Å². The van der Waals surface area contributed by atoms with Crippen LogP contribution in [0.3, 0.4) is 0 Å². The van der Waals surface area contributed by atoms with Crippen LogP contribution < -0.4 is 9.47 Å². The van der Waals surface area contributed by atoms with Crippen molar-refractivity contribution in [3.05, 3.63) is 23.5 Å². The van der Waals surface area contributed by atoms with Gasteiger partial charge in [-0.25, -0.2) is 0 Å². The molecule has 3 heteroatoms. The van der Waals surface area contributed by atoms with Gasteiger partial charge in [0, 0.05) is 0 Å². The van der Waals surface area contributed by atoms with E-state index in [4.69, 9.17) is 9.47 Å². The first kappa shape index (κ1) is 19.5. The van der Waals surface area contributed by atoms with Gasteiger partial charge in [-0.3, -0.25) is 0 Å². The Morgan fingerprint density at radius 1 is 0.846 bits per heavy atom. The molecule has 0 bridgehead atoms. The van der Waals surface area contributed by atoms with Crippen LogP contribution in [-0.2, 0) is 0 Å². The third-order valence-corrected chi connectivity index (χ3v) is 6.97. The molecule has 2 aliphatic carbocycles. The standard InChI is InChI=1S/C23H35FO2/c1-4-5-16-6-8-17(9-7-16)18-10-12-19(13-11-18)20-14-21(25-2)23(24)22(15-20)26-3/h14-19H,4-13H2,1-3H3/t16-,17-,18-,19-. The Morgan fingerprint density at radius 2 is 1.35 bits per heavy atom. The number of methoxy groups -OCH3 is 2. The maximum Gasteiger partial charge on any atom is 0.206 e. The van der Waals surface area contributed by atoms with E-state index < -0.39 is 5.82 Å². The molecule has 2 aliphatic rings. The first-order chi connectivity index (χ1) is 12.7. The first-order valence-corrected chi connectivity index (χ1v) is 10.6. The molecule has 0 spiro atoms. The summed E-state index contributed by atoms with van der Waals surface area (Å²) in [6.45, 7) is 2.31.